The van der Waals surface area contributed by atoms with Gasteiger partial charge in [-0.05, 0) is 30.5 Å². The molecule has 2 rings (SSSR count). The van der Waals surface area contributed by atoms with Crippen LogP contribution in [0.3, 0.4) is 0 Å². The molecule has 100 valence electrons. The monoisotopic (exact) mass is 250 g/mol. The lowest BCUT2D eigenvalue weighted by Crippen LogP contribution is -2.29. The molecule has 4 nitrogen and oxygen atoms in total. The topological polar surface area (TPSA) is 58.7 Å². The van der Waals surface area contributed by atoms with E-state index in [0.29, 0.717) is 19.3 Å². The summed E-state index contributed by atoms with van der Waals surface area (Å²) < 4.78 is 5.34. The summed E-state index contributed by atoms with van der Waals surface area (Å²) in [5.41, 5.74) is 7.87. The SMILES string of the molecule is Nc1cccc(CN(CCOCCO)C2CC2)c1. The fourth-order valence-corrected chi connectivity index (χ4v) is 2.10. The third kappa shape index (κ3) is 4.29. The molecule has 1 aliphatic rings. The molecule has 0 aromatic heterocycles. The molecule has 0 unspecified atom stereocenters. The van der Waals surface area contributed by atoms with Crippen molar-refractivity contribution in [1.29, 1.82) is 0 Å². The number of aliphatic hydroxyl groups excluding tert-OH is 1. The van der Waals surface area contributed by atoms with Gasteiger partial charge >= 0.3 is 0 Å². The Hall–Kier alpha value is -1.10. The molecule has 3 N–H and O–H groups in total. The van der Waals surface area contributed by atoms with Crippen LogP contribution >= 0.6 is 0 Å². The highest BCUT2D eigenvalue weighted by Gasteiger charge is 2.28. The Balaban J connectivity index is 1.82. The summed E-state index contributed by atoms with van der Waals surface area (Å²) >= 11 is 0. The highest BCUT2D eigenvalue weighted by atomic mass is 16.5. The normalized spacial score (nSPS) is 15.2. The van der Waals surface area contributed by atoms with E-state index in [4.69, 9.17) is 15.6 Å². The number of hydrogen-bond acceptors (Lipinski definition) is 4. The number of aliphatic hydroxyl groups is 1. The average molecular weight is 250 g/mol. The first-order chi connectivity index (χ1) is 8.79. The minimum Gasteiger partial charge on any atom is -0.399 e. The van der Waals surface area contributed by atoms with Gasteiger partial charge in [-0.2, -0.15) is 0 Å². The summed E-state index contributed by atoms with van der Waals surface area (Å²) in [5, 5.41) is 8.67. The minimum absolute atomic E-state index is 0.0959. The number of nitrogens with zero attached hydrogens (tertiary/aromatic N) is 1. The molecule has 1 fully saturated rings. The van der Waals surface area contributed by atoms with Gasteiger partial charge in [0, 0.05) is 24.8 Å². The van der Waals surface area contributed by atoms with Crippen LogP contribution in [0.5, 0.6) is 0 Å². The molecule has 0 atom stereocenters. The molecule has 1 saturated carbocycles. The standard InChI is InChI=1S/C14H22N2O2/c15-13-3-1-2-12(10-13)11-16(14-4-5-14)6-8-18-9-7-17/h1-3,10,14,17H,4-9,11,15H2. The smallest absolute Gasteiger partial charge is 0.0698 e. The number of nitrogens with two attached hydrogens (primary N) is 1. The Morgan fingerprint density at radius 1 is 1.33 bits per heavy atom. The van der Waals surface area contributed by atoms with Gasteiger partial charge in [-0.3, -0.25) is 4.90 Å². The second-order valence-electron chi connectivity index (χ2n) is 4.78. The summed E-state index contributed by atoms with van der Waals surface area (Å²) in [4.78, 5) is 2.44. The number of rotatable bonds is 8. The van der Waals surface area contributed by atoms with Gasteiger partial charge in [0.1, 0.15) is 0 Å². The van der Waals surface area contributed by atoms with E-state index in [2.05, 4.69) is 11.0 Å². The van der Waals surface area contributed by atoms with Crippen LogP contribution in [0.1, 0.15) is 18.4 Å². The zero-order valence-corrected chi connectivity index (χ0v) is 10.7. The first-order valence-corrected chi connectivity index (χ1v) is 6.56. The van der Waals surface area contributed by atoms with E-state index in [1.165, 1.54) is 18.4 Å². The van der Waals surface area contributed by atoms with Crippen molar-refractivity contribution in [1.82, 2.24) is 4.90 Å². The highest BCUT2D eigenvalue weighted by molar-refractivity contribution is 5.40. The van der Waals surface area contributed by atoms with Gasteiger partial charge in [-0.1, -0.05) is 12.1 Å². The van der Waals surface area contributed by atoms with Crippen molar-refractivity contribution in [3.63, 3.8) is 0 Å². The predicted octanol–water partition coefficient (Wildman–Crippen LogP) is 1.24. The second-order valence-corrected chi connectivity index (χ2v) is 4.78. The maximum Gasteiger partial charge on any atom is 0.0698 e. The van der Waals surface area contributed by atoms with Gasteiger partial charge in [-0.25, -0.2) is 0 Å². The van der Waals surface area contributed by atoms with E-state index in [9.17, 15) is 0 Å². The molecule has 0 heterocycles. The van der Waals surface area contributed by atoms with Crippen LogP contribution in [-0.4, -0.2) is 42.4 Å². The molecular weight excluding hydrogens is 228 g/mol. The van der Waals surface area contributed by atoms with E-state index in [1.54, 1.807) is 0 Å². The minimum atomic E-state index is 0.0959. The Labute approximate surface area is 108 Å². The van der Waals surface area contributed by atoms with Crippen LogP contribution in [0.4, 0.5) is 5.69 Å². The maximum absolute atomic E-state index is 8.67. The number of benzene rings is 1. The van der Waals surface area contributed by atoms with E-state index in [1.807, 2.05) is 18.2 Å². The molecular formula is C14H22N2O2. The summed E-state index contributed by atoms with van der Waals surface area (Å²) in [6.07, 6.45) is 2.56. The molecule has 0 spiro atoms. The Morgan fingerprint density at radius 2 is 2.17 bits per heavy atom. The molecule has 0 amide bonds. The summed E-state index contributed by atoms with van der Waals surface area (Å²) in [6, 6.07) is 8.75. The van der Waals surface area contributed by atoms with Crippen molar-refractivity contribution >= 4 is 5.69 Å². The summed E-state index contributed by atoms with van der Waals surface area (Å²) in [5.74, 6) is 0. The quantitative estimate of drug-likeness (QED) is 0.538. The lowest BCUT2D eigenvalue weighted by atomic mass is 10.2. The molecule has 0 bridgehead atoms. The van der Waals surface area contributed by atoms with Crippen LogP contribution in [0.15, 0.2) is 24.3 Å². The van der Waals surface area contributed by atoms with Crippen LogP contribution in [0.2, 0.25) is 0 Å². The Morgan fingerprint density at radius 3 is 2.83 bits per heavy atom. The van der Waals surface area contributed by atoms with Crippen LogP contribution < -0.4 is 5.73 Å². The molecule has 1 aliphatic carbocycles. The van der Waals surface area contributed by atoms with Crippen LogP contribution in [0.25, 0.3) is 0 Å². The largest absolute Gasteiger partial charge is 0.399 e. The van der Waals surface area contributed by atoms with Crippen LogP contribution in [-0.2, 0) is 11.3 Å². The summed E-state index contributed by atoms with van der Waals surface area (Å²) in [6.45, 7) is 3.05. The van der Waals surface area contributed by atoms with Crippen molar-refractivity contribution < 1.29 is 9.84 Å². The van der Waals surface area contributed by atoms with Gasteiger partial charge in [0.25, 0.3) is 0 Å². The van der Waals surface area contributed by atoms with Crippen molar-refractivity contribution in [2.24, 2.45) is 0 Å². The molecule has 1 aromatic carbocycles. The van der Waals surface area contributed by atoms with Crippen molar-refractivity contribution in [3.05, 3.63) is 29.8 Å². The molecule has 0 aliphatic heterocycles. The second kappa shape index (κ2) is 6.73. The number of anilines is 1. The first-order valence-electron chi connectivity index (χ1n) is 6.56. The van der Waals surface area contributed by atoms with Crippen LogP contribution in [0, 0.1) is 0 Å². The lowest BCUT2D eigenvalue weighted by molar-refractivity contribution is 0.0702. The van der Waals surface area contributed by atoms with E-state index in [-0.39, 0.29) is 6.61 Å². The van der Waals surface area contributed by atoms with Crippen molar-refractivity contribution in [3.8, 4) is 0 Å². The third-order valence-electron chi connectivity index (χ3n) is 3.16. The third-order valence-corrected chi connectivity index (χ3v) is 3.16. The van der Waals surface area contributed by atoms with Gasteiger partial charge in [0.15, 0.2) is 0 Å². The number of nitrogen functional groups attached to an aromatic ring is 1. The summed E-state index contributed by atoms with van der Waals surface area (Å²) in [7, 11) is 0. The Kier molecular flexibility index (Phi) is 4.99. The van der Waals surface area contributed by atoms with Gasteiger partial charge < -0.3 is 15.6 Å². The fourth-order valence-electron chi connectivity index (χ4n) is 2.10. The van der Waals surface area contributed by atoms with Crippen molar-refractivity contribution in [2.75, 3.05) is 32.1 Å². The molecule has 4 heteroatoms. The zero-order valence-electron chi connectivity index (χ0n) is 10.7. The number of hydrogen-bond donors (Lipinski definition) is 2. The van der Waals surface area contributed by atoms with E-state index >= 15 is 0 Å². The lowest BCUT2D eigenvalue weighted by Gasteiger charge is -2.22. The molecule has 18 heavy (non-hydrogen) atoms. The highest BCUT2D eigenvalue weighted by Crippen LogP contribution is 2.28. The first kappa shape index (κ1) is 13.3. The predicted molar refractivity (Wildman–Crippen MR) is 72.2 cm³/mol. The number of ether oxygens (including phenoxy) is 1. The van der Waals surface area contributed by atoms with Gasteiger partial charge in [0.05, 0.1) is 19.8 Å². The molecule has 0 saturated heterocycles. The van der Waals surface area contributed by atoms with Crippen molar-refractivity contribution in [2.45, 2.75) is 25.4 Å². The molecule has 1 aromatic rings. The zero-order chi connectivity index (χ0) is 12.8. The Bertz CT molecular complexity index is 367. The van der Waals surface area contributed by atoms with Gasteiger partial charge in [0.2, 0.25) is 0 Å². The molecule has 0 radical (unpaired) electrons. The fraction of sp³-hybridized carbons (Fsp3) is 0.571. The van der Waals surface area contributed by atoms with E-state index in [0.717, 1.165) is 18.8 Å². The average Bonchev–Trinajstić information content (AvgIpc) is 3.17. The van der Waals surface area contributed by atoms with Gasteiger partial charge in [-0.15, -0.1) is 0 Å². The van der Waals surface area contributed by atoms with E-state index < -0.39 is 0 Å². The maximum atomic E-state index is 8.67.